The first-order valence-corrected chi connectivity index (χ1v) is 24.6. The molecule has 1 aliphatic heterocycles. The number of pyridine rings is 1. The lowest BCUT2D eigenvalue weighted by atomic mass is 9.33. The first-order chi connectivity index (χ1) is 27.8. The van der Waals surface area contributed by atoms with Crippen LogP contribution < -0.4 is 10.1 Å². The quantitative estimate of drug-likeness (QED) is 0.222. The number of hydrogen-bond acceptors (Lipinski definition) is 8. The normalized spacial score (nSPS) is 41.1. The third kappa shape index (κ3) is 6.87. The second-order valence-corrected chi connectivity index (χ2v) is 23.9. The summed E-state index contributed by atoms with van der Waals surface area (Å²) in [5, 5.41) is 24.2. The van der Waals surface area contributed by atoms with E-state index in [9.17, 15) is 23.6 Å². The fraction of sp³-hybridized carbons (Fsp3) is 0.735. The van der Waals surface area contributed by atoms with Crippen LogP contribution >= 0.6 is 0 Å². The Balaban J connectivity index is 1.01. The molecule has 0 bridgehead atoms. The summed E-state index contributed by atoms with van der Waals surface area (Å²) < 4.78 is 30.1. The van der Waals surface area contributed by atoms with Crippen molar-refractivity contribution >= 4 is 15.8 Å². The summed E-state index contributed by atoms with van der Waals surface area (Å²) in [5.41, 5.74) is 4.09. The minimum Gasteiger partial charge on any atom is -0.481 e. The molecule has 9 nitrogen and oxygen atoms in total. The molecule has 0 amide bonds. The molecule has 1 unspecified atom stereocenters. The third-order valence-corrected chi connectivity index (χ3v) is 20.4. The van der Waals surface area contributed by atoms with Crippen LogP contribution in [-0.4, -0.2) is 79.2 Å². The van der Waals surface area contributed by atoms with Crippen LogP contribution in [0.15, 0.2) is 53.8 Å². The molecule has 59 heavy (non-hydrogen) atoms. The van der Waals surface area contributed by atoms with Crippen molar-refractivity contribution in [3.8, 4) is 11.9 Å². The van der Waals surface area contributed by atoms with Gasteiger partial charge in [0.1, 0.15) is 23.7 Å². The van der Waals surface area contributed by atoms with E-state index < -0.39 is 21.2 Å². The molecule has 0 spiro atoms. The summed E-state index contributed by atoms with van der Waals surface area (Å²) in [4.78, 5) is 19.4. The minimum atomic E-state index is -2.88. The Morgan fingerprint density at radius 2 is 1.76 bits per heavy atom. The molecule has 5 fully saturated rings. The number of aromatic nitrogens is 1. The van der Waals surface area contributed by atoms with Gasteiger partial charge in [0, 0.05) is 37.9 Å². The monoisotopic (exact) mass is 827 g/mol. The highest BCUT2D eigenvalue weighted by molar-refractivity contribution is 7.91. The molecule has 322 valence electrons. The van der Waals surface area contributed by atoms with E-state index >= 15 is 0 Å². The maximum atomic E-state index is 12.8. The molecule has 8 rings (SSSR count). The van der Waals surface area contributed by atoms with Crippen molar-refractivity contribution < 1.29 is 23.1 Å². The average molecular weight is 827 g/mol. The van der Waals surface area contributed by atoms with Gasteiger partial charge in [-0.25, -0.2) is 13.4 Å². The van der Waals surface area contributed by atoms with Crippen molar-refractivity contribution in [1.82, 2.24) is 15.2 Å². The lowest BCUT2D eigenvalue weighted by Crippen LogP contribution is -2.68. The van der Waals surface area contributed by atoms with Crippen LogP contribution in [0.25, 0.3) is 0 Å². The van der Waals surface area contributed by atoms with E-state index in [0.717, 1.165) is 19.5 Å². The molecule has 2 N–H and O–H groups in total. The zero-order chi connectivity index (χ0) is 42.2. The highest BCUT2D eigenvalue weighted by atomic mass is 32.2. The number of rotatable bonds is 10. The van der Waals surface area contributed by atoms with E-state index in [4.69, 9.17) is 4.74 Å². The Morgan fingerprint density at radius 3 is 2.44 bits per heavy atom. The summed E-state index contributed by atoms with van der Waals surface area (Å²) in [6.07, 6.45) is 18.9. The maximum Gasteiger partial charge on any atom is 0.313 e. The van der Waals surface area contributed by atoms with Gasteiger partial charge in [0.15, 0.2) is 9.84 Å². The number of hydrogen-bond donors (Lipinski definition) is 2. The zero-order valence-corrected chi connectivity index (χ0v) is 37.6. The topological polar surface area (TPSA) is 133 Å². The number of aliphatic carboxylic acids is 1. The highest BCUT2D eigenvalue weighted by Gasteiger charge is 2.70. The van der Waals surface area contributed by atoms with Gasteiger partial charge in [-0.05, 0) is 159 Å². The predicted octanol–water partition coefficient (Wildman–Crippen LogP) is 8.78. The van der Waals surface area contributed by atoms with E-state index in [1.165, 1.54) is 68.1 Å². The van der Waals surface area contributed by atoms with Crippen LogP contribution in [0, 0.1) is 68.0 Å². The molecule has 0 aromatic carbocycles. The van der Waals surface area contributed by atoms with E-state index in [-0.39, 0.29) is 51.2 Å². The molecule has 1 saturated heterocycles. The van der Waals surface area contributed by atoms with Gasteiger partial charge in [-0.15, -0.1) is 0 Å². The number of sulfone groups is 1. The fourth-order valence-corrected chi connectivity index (χ4v) is 16.6. The largest absolute Gasteiger partial charge is 0.481 e. The minimum absolute atomic E-state index is 0.0149. The van der Waals surface area contributed by atoms with E-state index in [0.29, 0.717) is 67.5 Å². The Kier molecular flexibility index (Phi) is 10.9. The van der Waals surface area contributed by atoms with Crippen LogP contribution in [0.5, 0.6) is 5.88 Å². The SMILES string of the molecule is C=C(C)[C@@H]1CC[C@]2(NCCN3CCS(=O)(=O)CC3)CC[C@]3(C)[C@H](CC[C@@H]4[C@@]5(C)CC=C(C6=CCC(COc7ncccc7C#N)(C(=O)O)CC6)C(C)(C)[C@@H]5CC[C@]43C)[C@@H]12. The Labute approximate surface area is 354 Å². The lowest BCUT2D eigenvalue weighted by molar-refractivity contribution is -0.221. The second kappa shape index (κ2) is 15.1. The lowest BCUT2D eigenvalue weighted by Gasteiger charge is -2.72. The third-order valence-electron chi connectivity index (χ3n) is 18.8. The van der Waals surface area contributed by atoms with Crippen molar-refractivity contribution in [2.75, 3.05) is 44.3 Å². The van der Waals surface area contributed by atoms with Crippen LogP contribution in [0.4, 0.5) is 0 Å². The van der Waals surface area contributed by atoms with Gasteiger partial charge in [-0.2, -0.15) is 5.26 Å². The first-order valence-electron chi connectivity index (χ1n) is 22.8. The number of nitrogens with one attached hydrogen (secondary N) is 1. The van der Waals surface area contributed by atoms with Gasteiger partial charge < -0.3 is 20.1 Å². The average Bonchev–Trinajstić information content (AvgIpc) is 3.58. The molecule has 1 aromatic heterocycles. The molecule has 0 radical (unpaired) electrons. The van der Waals surface area contributed by atoms with Gasteiger partial charge >= 0.3 is 5.97 Å². The summed E-state index contributed by atoms with van der Waals surface area (Å²) in [5.74, 6) is 2.85. The van der Waals surface area contributed by atoms with Gasteiger partial charge in [-0.3, -0.25) is 4.79 Å². The van der Waals surface area contributed by atoms with Crippen molar-refractivity contribution in [3.63, 3.8) is 0 Å². The molecule has 1 aromatic rings. The Bertz CT molecular complexity index is 2060. The number of nitrogens with zero attached hydrogens (tertiary/aromatic N) is 3. The number of carboxylic acids is 1. The Morgan fingerprint density at radius 1 is 1.00 bits per heavy atom. The fourth-order valence-electron chi connectivity index (χ4n) is 15.4. The van der Waals surface area contributed by atoms with Crippen LogP contribution in [0.1, 0.15) is 124 Å². The Hall–Kier alpha value is -3.00. The van der Waals surface area contributed by atoms with Gasteiger partial charge in [0.2, 0.25) is 5.88 Å². The van der Waals surface area contributed by atoms with Crippen LogP contribution in [0.3, 0.4) is 0 Å². The number of ether oxygens (including phenoxy) is 1. The number of allylic oxidation sites excluding steroid dienone is 5. The molecule has 7 aliphatic rings. The van der Waals surface area contributed by atoms with Crippen LogP contribution in [0.2, 0.25) is 0 Å². The first kappa shape index (κ1) is 42.7. The van der Waals surface area contributed by atoms with E-state index in [1.807, 2.05) is 0 Å². The predicted molar refractivity (Wildman–Crippen MR) is 232 cm³/mol. The standard InChI is InChI=1S/C49H70N4O5S/c1-33(2)36-14-21-49(52-25-26-53-27-29-59(56,57)30-28-53)23-22-46(6)38(41(36)49)10-11-40-45(5)17-15-37(44(3,4)39(45)16-18-47(40,46)7)34-12-19-48(20-13-34,43(54)55)32-58-42-35(31-50)9-8-24-51-42/h8-9,12,15,24,36,38-41,52H,1,10-11,13-14,16-23,25-30,32H2,2-7H3,(H,54,55)/t36-,38+,39-,40+,41+,45-,46+,47+,48?,49-/m0/s1. The number of fused-ring (bicyclic) bond motifs is 7. The second-order valence-electron chi connectivity index (χ2n) is 21.6. The molecule has 2 heterocycles. The van der Waals surface area contributed by atoms with Crippen molar-refractivity contribution in [2.24, 2.45) is 56.7 Å². The maximum absolute atomic E-state index is 12.8. The molecule has 10 heteroatoms. The van der Waals surface area contributed by atoms with Gasteiger partial charge in [0.05, 0.1) is 11.5 Å². The zero-order valence-electron chi connectivity index (χ0n) is 36.7. The van der Waals surface area contributed by atoms with Gasteiger partial charge in [-0.1, -0.05) is 58.9 Å². The highest BCUT2D eigenvalue weighted by Crippen LogP contribution is 2.76. The molecule has 4 saturated carbocycles. The van der Waals surface area contributed by atoms with E-state index in [2.05, 4.69) is 81.5 Å². The number of nitriles is 1. The number of carboxylic acid groups (broad SMARTS) is 1. The van der Waals surface area contributed by atoms with Crippen molar-refractivity contribution in [3.05, 3.63) is 59.3 Å². The summed E-state index contributed by atoms with van der Waals surface area (Å²) in [6.45, 7) is 23.0. The molecule has 10 atom stereocenters. The molecule has 6 aliphatic carbocycles. The summed E-state index contributed by atoms with van der Waals surface area (Å²) in [6, 6.07) is 5.43. The van der Waals surface area contributed by atoms with Crippen molar-refractivity contribution in [1.29, 1.82) is 5.26 Å². The smallest absolute Gasteiger partial charge is 0.313 e. The van der Waals surface area contributed by atoms with Crippen molar-refractivity contribution in [2.45, 2.75) is 124 Å². The van der Waals surface area contributed by atoms with E-state index in [1.54, 1.807) is 18.3 Å². The van der Waals surface area contributed by atoms with Gasteiger partial charge in [0.25, 0.3) is 0 Å². The van der Waals surface area contributed by atoms with Crippen LogP contribution in [-0.2, 0) is 14.6 Å². The molecular formula is C49H70N4O5S. The molecular weight excluding hydrogens is 757 g/mol. The summed E-state index contributed by atoms with van der Waals surface area (Å²) in [7, 11) is -2.88. The number of carbonyl (C=O) groups is 1. The summed E-state index contributed by atoms with van der Waals surface area (Å²) >= 11 is 0.